The largest absolute Gasteiger partial charge is 0.386 e. The Morgan fingerprint density at radius 1 is 1.46 bits per heavy atom. The molecule has 0 aliphatic rings. The Balaban J connectivity index is 2.77. The Morgan fingerprint density at radius 2 is 2.08 bits per heavy atom. The van der Waals surface area contributed by atoms with Gasteiger partial charge in [0.15, 0.2) is 0 Å². The van der Waals surface area contributed by atoms with Crippen LogP contribution in [0.5, 0.6) is 0 Å². The predicted octanol–water partition coefficient (Wildman–Crippen LogP) is 1.28. The van der Waals surface area contributed by atoms with Crippen LogP contribution in [0.2, 0.25) is 0 Å². The average molecular weight is 183 g/mol. The minimum absolute atomic E-state index is 0.303. The lowest BCUT2D eigenvalue weighted by molar-refractivity contribution is 0.0953. The van der Waals surface area contributed by atoms with E-state index in [1.807, 2.05) is 0 Å². The van der Waals surface area contributed by atoms with E-state index >= 15 is 0 Å². The second kappa shape index (κ2) is 4.37. The first-order valence-electron chi connectivity index (χ1n) is 4.73. The normalized spacial score (nSPS) is 13.6. The van der Waals surface area contributed by atoms with Crippen molar-refractivity contribution in [3.63, 3.8) is 0 Å². The summed E-state index contributed by atoms with van der Waals surface area (Å²) in [6, 6.07) is 0. The molecule has 1 atom stereocenters. The van der Waals surface area contributed by atoms with Gasteiger partial charge in [0.1, 0.15) is 6.10 Å². The van der Waals surface area contributed by atoms with E-state index in [9.17, 15) is 5.11 Å². The summed E-state index contributed by atoms with van der Waals surface area (Å²) in [7, 11) is 1.80. The molecule has 1 N–H and O–H groups in total. The molecule has 0 aromatic carbocycles. The molecule has 1 unspecified atom stereocenters. The zero-order valence-electron chi connectivity index (χ0n) is 8.44. The minimum Gasteiger partial charge on any atom is -0.386 e. The van der Waals surface area contributed by atoms with Crippen LogP contribution in [-0.2, 0) is 7.05 Å². The van der Waals surface area contributed by atoms with E-state index in [2.05, 4.69) is 24.2 Å². The van der Waals surface area contributed by atoms with Crippen LogP contribution in [0.4, 0.5) is 0 Å². The number of aromatic nitrogens is 3. The molecule has 4 nitrogen and oxygen atoms in total. The van der Waals surface area contributed by atoms with Crippen molar-refractivity contribution in [2.45, 2.75) is 32.8 Å². The van der Waals surface area contributed by atoms with Gasteiger partial charge >= 0.3 is 0 Å². The van der Waals surface area contributed by atoms with Crippen LogP contribution >= 0.6 is 0 Å². The maximum atomic E-state index is 9.95. The number of aryl methyl sites for hydroxylation is 1. The fourth-order valence-corrected chi connectivity index (χ4v) is 1.54. The summed E-state index contributed by atoms with van der Waals surface area (Å²) >= 11 is 0. The zero-order valence-corrected chi connectivity index (χ0v) is 8.44. The van der Waals surface area contributed by atoms with Crippen molar-refractivity contribution in [1.82, 2.24) is 15.0 Å². The monoisotopic (exact) mass is 183 g/mol. The van der Waals surface area contributed by atoms with Gasteiger partial charge in [-0.25, -0.2) is 4.68 Å². The number of hydrogen-bond acceptors (Lipinski definition) is 3. The van der Waals surface area contributed by atoms with Crippen LogP contribution in [0.3, 0.4) is 0 Å². The van der Waals surface area contributed by atoms with Crippen molar-refractivity contribution in [3.05, 3.63) is 11.9 Å². The van der Waals surface area contributed by atoms with Gasteiger partial charge in [-0.15, -0.1) is 5.10 Å². The Hall–Kier alpha value is -0.900. The molecule has 13 heavy (non-hydrogen) atoms. The Labute approximate surface area is 78.6 Å². The molecule has 4 heteroatoms. The second-order valence-electron chi connectivity index (χ2n) is 3.30. The molecule has 0 saturated heterocycles. The van der Waals surface area contributed by atoms with Crippen molar-refractivity contribution in [3.8, 4) is 0 Å². The summed E-state index contributed by atoms with van der Waals surface area (Å²) in [4.78, 5) is 0. The highest BCUT2D eigenvalue weighted by Crippen LogP contribution is 2.25. The van der Waals surface area contributed by atoms with E-state index in [1.54, 1.807) is 17.9 Å². The van der Waals surface area contributed by atoms with Gasteiger partial charge in [0.2, 0.25) is 0 Å². The van der Waals surface area contributed by atoms with Crippen molar-refractivity contribution in [2.24, 2.45) is 13.0 Å². The summed E-state index contributed by atoms with van der Waals surface area (Å²) < 4.78 is 1.63. The number of aliphatic hydroxyl groups excluding tert-OH is 1. The zero-order chi connectivity index (χ0) is 9.84. The summed E-state index contributed by atoms with van der Waals surface area (Å²) in [5.41, 5.74) is 0.800. The lowest BCUT2D eigenvalue weighted by Gasteiger charge is -2.19. The molecule has 0 fully saturated rings. The first-order valence-corrected chi connectivity index (χ1v) is 4.73. The lowest BCUT2D eigenvalue weighted by Crippen LogP contribution is -2.14. The molecular formula is C9H17N3O. The fraction of sp³-hybridized carbons (Fsp3) is 0.778. The van der Waals surface area contributed by atoms with Gasteiger partial charge in [-0.05, 0) is 5.92 Å². The lowest BCUT2D eigenvalue weighted by atomic mass is 9.95. The van der Waals surface area contributed by atoms with Gasteiger partial charge in [-0.1, -0.05) is 31.9 Å². The third-order valence-corrected chi connectivity index (χ3v) is 2.55. The fourth-order valence-electron chi connectivity index (χ4n) is 1.54. The quantitative estimate of drug-likeness (QED) is 0.765. The molecule has 0 radical (unpaired) electrons. The van der Waals surface area contributed by atoms with E-state index < -0.39 is 6.10 Å². The van der Waals surface area contributed by atoms with Gasteiger partial charge < -0.3 is 5.11 Å². The molecule has 1 aromatic rings. The predicted molar refractivity (Wildman–Crippen MR) is 50.0 cm³/mol. The van der Waals surface area contributed by atoms with Crippen LogP contribution in [0, 0.1) is 5.92 Å². The number of aliphatic hydroxyl groups is 1. The number of hydrogen-bond donors (Lipinski definition) is 1. The molecule has 0 aliphatic carbocycles. The smallest absolute Gasteiger partial charge is 0.100 e. The SMILES string of the molecule is CCC(CC)C(O)c1cnnn1C. The molecule has 1 aromatic heterocycles. The van der Waals surface area contributed by atoms with Crippen molar-refractivity contribution < 1.29 is 5.11 Å². The molecule has 0 bridgehead atoms. The summed E-state index contributed by atoms with van der Waals surface area (Å²) in [5.74, 6) is 0.303. The van der Waals surface area contributed by atoms with Gasteiger partial charge in [0.05, 0.1) is 11.9 Å². The highest BCUT2D eigenvalue weighted by molar-refractivity contribution is 4.99. The van der Waals surface area contributed by atoms with E-state index in [-0.39, 0.29) is 0 Å². The van der Waals surface area contributed by atoms with Crippen LogP contribution in [-0.4, -0.2) is 20.1 Å². The number of rotatable bonds is 4. The summed E-state index contributed by atoms with van der Waals surface area (Å²) in [5, 5.41) is 17.5. The van der Waals surface area contributed by atoms with Gasteiger partial charge in [0.25, 0.3) is 0 Å². The molecule has 74 valence electrons. The molecular weight excluding hydrogens is 166 g/mol. The molecule has 0 amide bonds. The Morgan fingerprint density at radius 3 is 2.46 bits per heavy atom. The topological polar surface area (TPSA) is 50.9 Å². The van der Waals surface area contributed by atoms with E-state index in [0.717, 1.165) is 18.5 Å². The third-order valence-electron chi connectivity index (χ3n) is 2.55. The summed E-state index contributed by atoms with van der Waals surface area (Å²) in [6.45, 7) is 4.17. The molecule has 0 saturated carbocycles. The molecule has 1 rings (SSSR count). The van der Waals surface area contributed by atoms with Crippen molar-refractivity contribution >= 4 is 0 Å². The average Bonchev–Trinajstić information content (AvgIpc) is 2.53. The molecule has 1 heterocycles. The third kappa shape index (κ3) is 2.06. The van der Waals surface area contributed by atoms with E-state index in [0.29, 0.717) is 5.92 Å². The van der Waals surface area contributed by atoms with Crippen molar-refractivity contribution in [1.29, 1.82) is 0 Å². The number of nitrogens with zero attached hydrogens (tertiary/aromatic N) is 3. The first kappa shape index (κ1) is 10.2. The minimum atomic E-state index is -0.435. The van der Waals surface area contributed by atoms with Gasteiger partial charge in [-0.2, -0.15) is 0 Å². The van der Waals surface area contributed by atoms with E-state index in [4.69, 9.17) is 0 Å². The first-order chi connectivity index (χ1) is 6.20. The maximum Gasteiger partial charge on any atom is 0.100 e. The highest BCUT2D eigenvalue weighted by Gasteiger charge is 2.20. The van der Waals surface area contributed by atoms with Crippen molar-refractivity contribution in [2.75, 3.05) is 0 Å². The standard InChI is InChI=1S/C9H17N3O/c1-4-7(5-2)9(13)8-6-10-11-12(8)3/h6-7,9,13H,4-5H2,1-3H3. The van der Waals surface area contributed by atoms with E-state index in [1.165, 1.54) is 0 Å². The van der Waals surface area contributed by atoms with Gasteiger partial charge in [0, 0.05) is 7.05 Å². The van der Waals surface area contributed by atoms with Crippen LogP contribution in [0.15, 0.2) is 6.20 Å². The van der Waals surface area contributed by atoms with Crippen LogP contribution < -0.4 is 0 Å². The Bertz CT molecular complexity index is 255. The molecule has 0 spiro atoms. The summed E-state index contributed by atoms with van der Waals surface area (Å²) in [6.07, 6.45) is 3.14. The molecule has 0 aliphatic heterocycles. The van der Waals surface area contributed by atoms with Crippen LogP contribution in [0.25, 0.3) is 0 Å². The van der Waals surface area contributed by atoms with Gasteiger partial charge in [-0.3, -0.25) is 0 Å². The Kier molecular flexibility index (Phi) is 3.42. The maximum absolute atomic E-state index is 9.95. The van der Waals surface area contributed by atoms with Crippen LogP contribution in [0.1, 0.15) is 38.5 Å². The highest BCUT2D eigenvalue weighted by atomic mass is 16.3. The second-order valence-corrected chi connectivity index (χ2v) is 3.30.